The second-order valence-electron chi connectivity index (χ2n) is 4.95. The highest BCUT2D eigenvalue weighted by atomic mass is 16.5. The number of nitrogens with zero attached hydrogens (tertiary/aromatic N) is 1. The van der Waals surface area contributed by atoms with E-state index in [1.54, 1.807) is 0 Å². The molecule has 1 unspecified atom stereocenters. The van der Waals surface area contributed by atoms with Crippen LogP contribution in [0.1, 0.15) is 39.5 Å². The van der Waals surface area contributed by atoms with Gasteiger partial charge in [-0.15, -0.1) is 0 Å². The third-order valence-electron chi connectivity index (χ3n) is 3.47. The Hall–Kier alpha value is -0.950. The van der Waals surface area contributed by atoms with Crippen LogP contribution in [-0.4, -0.2) is 53.5 Å². The number of carboxylic acids is 1. The zero-order valence-electron chi connectivity index (χ0n) is 12.5. The number of carboxylic acid groups (broad SMARTS) is 1. The molecule has 118 valence electrons. The first-order chi connectivity index (χ1) is 9.54. The van der Waals surface area contributed by atoms with Crippen molar-refractivity contribution in [1.29, 1.82) is 0 Å². The monoisotopic (exact) mass is 289 g/mol. The van der Waals surface area contributed by atoms with Crippen molar-refractivity contribution < 1.29 is 29.3 Å². The van der Waals surface area contributed by atoms with E-state index in [1.165, 1.54) is 6.92 Å². The average molecular weight is 289 g/mol. The minimum absolute atomic E-state index is 0.0446. The quantitative estimate of drug-likeness (QED) is 0.228. The first-order valence-corrected chi connectivity index (χ1v) is 7.01. The molecule has 0 saturated carbocycles. The predicted molar refractivity (Wildman–Crippen MR) is 73.0 cm³/mol. The van der Waals surface area contributed by atoms with Gasteiger partial charge in [-0.25, -0.2) is 4.48 Å². The fourth-order valence-electron chi connectivity index (χ4n) is 1.76. The molecule has 0 rings (SSSR count). The van der Waals surface area contributed by atoms with Crippen molar-refractivity contribution in [2.45, 2.75) is 45.6 Å². The SMILES string of the molecule is C/C=C/CCCCCOC[N+](CO)(CO)C(C)C(=O)[O-]. The minimum atomic E-state index is -1.32. The Bertz CT molecular complexity index is 289. The average Bonchev–Trinajstić information content (AvgIpc) is 2.45. The predicted octanol–water partition coefficient (Wildman–Crippen LogP) is -0.0482. The standard InChI is InChI=1S/C14H27NO5/c1-3-4-5-6-7-8-9-20-12-15(10-16,11-17)13(2)14(18)19/h3-4,13,16-17H,5-12H2,1-2H3/b4-3+. The molecule has 2 N–H and O–H groups in total. The second-order valence-corrected chi connectivity index (χ2v) is 4.95. The molecule has 20 heavy (non-hydrogen) atoms. The summed E-state index contributed by atoms with van der Waals surface area (Å²) in [5.41, 5.74) is 0. The molecule has 0 aliphatic carbocycles. The van der Waals surface area contributed by atoms with Gasteiger partial charge >= 0.3 is 0 Å². The number of aliphatic hydroxyl groups is 2. The second kappa shape index (κ2) is 10.8. The van der Waals surface area contributed by atoms with E-state index in [4.69, 9.17) is 4.74 Å². The van der Waals surface area contributed by atoms with Gasteiger partial charge in [0.1, 0.15) is 6.04 Å². The molecule has 0 spiro atoms. The molecule has 0 saturated heterocycles. The third kappa shape index (κ3) is 6.47. The number of ether oxygens (including phenoxy) is 1. The van der Waals surface area contributed by atoms with Gasteiger partial charge in [0.25, 0.3) is 0 Å². The summed E-state index contributed by atoms with van der Waals surface area (Å²) in [5, 5.41) is 29.5. The zero-order valence-corrected chi connectivity index (χ0v) is 12.5. The van der Waals surface area contributed by atoms with Gasteiger partial charge in [-0.3, -0.25) is 0 Å². The third-order valence-corrected chi connectivity index (χ3v) is 3.47. The van der Waals surface area contributed by atoms with Crippen LogP contribution in [0, 0.1) is 0 Å². The molecule has 0 aliphatic heterocycles. The van der Waals surface area contributed by atoms with Crippen molar-refractivity contribution in [3.63, 3.8) is 0 Å². The fraction of sp³-hybridized carbons (Fsp3) is 0.786. The first-order valence-electron chi connectivity index (χ1n) is 7.01. The number of aliphatic hydroxyl groups excluding tert-OH is 2. The van der Waals surface area contributed by atoms with Gasteiger partial charge in [-0.2, -0.15) is 0 Å². The topological polar surface area (TPSA) is 89.8 Å². The van der Waals surface area contributed by atoms with Crippen LogP contribution in [0.5, 0.6) is 0 Å². The van der Waals surface area contributed by atoms with Crippen LogP contribution in [0.25, 0.3) is 0 Å². The summed E-state index contributed by atoms with van der Waals surface area (Å²) in [7, 11) is 0. The maximum atomic E-state index is 10.9. The maximum Gasteiger partial charge on any atom is 0.187 e. The van der Waals surface area contributed by atoms with Crippen molar-refractivity contribution in [2.75, 3.05) is 26.8 Å². The largest absolute Gasteiger partial charge is 0.544 e. The first kappa shape index (κ1) is 19.1. The summed E-state index contributed by atoms with van der Waals surface area (Å²) in [4.78, 5) is 10.9. The molecule has 6 nitrogen and oxygen atoms in total. The number of allylic oxidation sites excluding steroid dienone is 2. The van der Waals surface area contributed by atoms with Crippen LogP contribution in [0.2, 0.25) is 0 Å². The molecule has 6 heteroatoms. The molecule has 1 atom stereocenters. The van der Waals surface area contributed by atoms with Gasteiger partial charge in [-0.05, 0) is 33.1 Å². The fourth-order valence-corrected chi connectivity index (χ4v) is 1.76. The molecule has 0 aliphatic rings. The van der Waals surface area contributed by atoms with Gasteiger partial charge in [0.05, 0.1) is 12.6 Å². The highest BCUT2D eigenvalue weighted by Gasteiger charge is 2.34. The van der Waals surface area contributed by atoms with Crippen LogP contribution in [-0.2, 0) is 9.53 Å². The van der Waals surface area contributed by atoms with E-state index in [2.05, 4.69) is 6.08 Å². The van der Waals surface area contributed by atoms with Crippen LogP contribution in [0.3, 0.4) is 0 Å². The number of aliphatic carboxylic acids is 1. The Morgan fingerprint density at radius 3 is 2.45 bits per heavy atom. The summed E-state index contributed by atoms with van der Waals surface area (Å²) in [5.74, 6) is -1.32. The lowest BCUT2D eigenvalue weighted by atomic mass is 10.2. The highest BCUT2D eigenvalue weighted by molar-refractivity contribution is 5.69. The molecule has 0 radical (unpaired) electrons. The molecule has 0 fully saturated rings. The van der Waals surface area contributed by atoms with Crippen LogP contribution < -0.4 is 5.11 Å². The molecule has 0 amide bonds. The number of hydrogen-bond acceptors (Lipinski definition) is 5. The Morgan fingerprint density at radius 1 is 1.30 bits per heavy atom. The number of unbranched alkanes of at least 4 members (excludes halogenated alkanes) is 3. The van der Waals surface area contributed by atoms with Crippen LogP contribution in [0.15, 0.2) is 12.2 Å². The number of quaternary nitrogens is 1. The van der Waals surface area contributed by atoms with E-state index in [0.717, 1.165) is 25.7 Å². The van der Waals surface area contributed by atoms with E-state index in [-0.39, 0.29) is 6.73 Å². The lowest BCUT2D eigenvalue weighted by molar-refractivity contribution is -0.990. The molecule has 0 aromatic rings. The van der Waals surface area contributed by atoms with Gasteiger partial charge in [0, 0.05) is 0 Å². The normalized spacial score (nSPS) is 13.8. The number of rotatable bonds is 12. The lowest BCUT2D eigenvalue weighted by Crippen LogP contribution is -2.62. The molecular formula is C14H27NO5. The smallest absolute Gasteiger partial charge is 0.187 e. The lowest BCUT2D eigenvalue weighted by Gasteiger charge is -2.39. The van der Waals surface area contributed by atoms with Crippen molar-refractivity contribution in [2.24, 2.45) is 0 Å². The van der Waals surface area contributed by atoms with Crippen molar-refractivity contribution in [1.82, 2.24) is 0 Å². The Morgan fingerprint density at radius 2 is 1.95 bits per heavy atom. The molecule has 0 heterocycles. The molecule has 0 aromatic carbocycles. The Kier molecular flexibility index (Phi) is 10.3. The summed E-state index contributed by atoms with van der Waals surface area (Å²) in [6.45, 7) is 2.80. The summed E-state index contributed by atoms with van der Waals surface area (Å²) in [6, 6.07) is -1.03. The molecular weight excluding hydrogens is 262 g/mol. The van der Waals surface area contributed by atoms with Crippen molar-refractivity contribution >= 4 is 5.97 Å². The van der Waals surface area contributed by atoms with E-state index >= 15 is 0 Å². The van der Waals surface area contributed by atoms with E-state index < -0.39 is 30.0 Å². The zero-order chi connectivity index (χ0) is 15.4. The van der Waals surface area contributed by atoms with E-state index in [9.17, 15) is 20.1 Å². The number of carbonyl (C=O) groups excluding carboxylic acids is 1. The number of carbonyl (C=O) groups is 1. The van der Waals surface area contributed by atoms with Gasteiger partial charge in [-0.1, -0.05) is 18.6 Å². The highest BCUT2D eigenvalue weighted by Crippen LogP contribution is 2.12. The minimum Gasteiger partial charge on any atom is -0.544 e. The number of hydrogen-bond donors (Lipinski definition) is 2. The van der Waals surface area contributed by atoms with Crippen LogP contribution >= 0.6 is 0 Å². The Labute approximate surface area is 120 Å². The van der Waals surface area contributed by atoms with Crippen molar-refractivity contribution in [3.8, 4) is 0 Å². The molecule has 0 aromatic heterocycles. The van der Waals surface area contributed by atoms with E-state index in [0.29, 0.717) is 6.61 Å². The van der Waals surface area contributed by atoms with Gasteiger partial charge in [0.2, 0.25) is 0 Å². The van der Waals surface area contributed by atoms with Gasteiger partial charge in [0.15, 0.2) is 20.2 Å². The summed E-state index contributed by atoms with van der Waals surface area (Å²) < 4.78 is 4.94. The Balaban J connectivity index is 4.01. The van der Waals surface area contributed by atoms with Gasteiger partial charge < -0.3 is 24.9 Å². The summed E-state index contributed by atoms with van der Waals surface area (Å²) >= 11 is 0. The summed E-state index contributed by atoms with van der Waals surface area (Å²) in [6.07, 6.45) is 8.16. The van der Waals surface area contributed by atoms with E-state index in [1.807, 2.05) is 13.0 Å². The molecule has 0 bridgehead atoms. The van der Waals surface area contributed by atoms with Crippen LogP contribution in [0.4, 0.5) is 0 Å². The maximum absolute atomic E-state index is 10.9. The van der Waals surface area contributed by atoms with Crippen molar-refractivity contribution in [3.05, 3.63) is 12.2 Å².